The monoisotopic (exact) mass is 644 g/mol. The van der Waals surface area contributed by atoms with E-state index in [4.69, 9.17) is 0 Å². The van der Waals surface area contributed by atoms with Crippen LogP contribution in [0.25, 0.3) is 32.7 Å². The van der Waals surface area contributed by atoms with E-state index < -0.39 is 36.5 Å². The number of likely N-dealkylation sites (tertiary alicyclic amines) is 1. The minimum absolute atomic E-state index is 0.0900. The first kappa shape index (κ1) is 31.9. The summed E-state index contributed by atoms with van der Waals surface area (Å²) in [5.74, 6) is -3.29. The van der Waals surface area contributed by atoms with Gasteiger partial charge in [0.2, 0.25) is 0 Å². The maximum Gasteiger partial charge on any atom is 0.405 e. The summed E-state index contributed by atoms with van der Waals surface area (Å²) in [6.45, 7) is 0.152. The number of anilines is 1. The third-order valence-electron chi connectivity index (χ3n) is 8.50. The molecule has 4 aromatic carbocycles. The zero-order valence-electron chi connectivity index (χ0n) is 25.3. The van der Waals surface area contributed by atoms with Gasteiger partial charge in [-0.25, -0.2) is 9.18 Å². The van der Waals surface area contributed by atoms with Gasteiger partial charge < -0.3 is 15.7 Å². The summed E-state index contributed by atoms with van der Waals surface area (Å²) in [6, 6.07) is 20.0. The maximum absolute atomic E-state index is 15.5. The van der Waals surface area contributed by atoms with Gasteiger partial charge in [-0.3, -0.25) is 14.7 Å². The van der Waals surface area contributed by atoms with E-state index in [0.717, 1.165) is 51.6 Å². The Kier molecular flexibility index (Phi) is 9.08. The van der Waals surface area contributed by atoms with Gasteiger partial charge in [-0.05, 0) is 82.5 Å². The summed E-state index contributed by atoms with van der Waals surface area (Å²) in [5, 5.41) is 18.5. The van der Waals surface area contributed by atoms with Gasteiger partial charge >= 0.3 is 12.1 Å². The molecule has 0 saturated carbocycles. The lowest BCUT2D eigenvalue weighted by atomic mass is 9.91. The van der Waals surface area contributed by atoms with E-state index in [-0.39, 0.29) is 29.8 Å². The number of amides is 1. The Morgan fingerprint density at radius 1 is 0.894 bits per heavy atom. The van der Waals surface area contributed by atoms with Gasteiger partial charge in [0.15, 0.2) is 0 Å². The molecule has 1 amide bonds. The van der Waals surface area contributed by atoms with Crippen molar-refractivity contribution in [1.29, 1.82) is 0 Å². The number of carboxylic acids is 1. The molecule has 3 N–H and O–H groups in total. The Labute approximate surface area is 268 Å². The predicted octanol–water partition coefficient (Wildman–Crippen LogP) is 7.19. The Morgan fingerprint density at radius 2 is 1.60 bits per heavy atom. The molecule has 1 aromatic heterocycles. The molecule has 11 heteroatoms. The quantitative estimate of drug-likeness (QED) is 0.139. The lowest BCUT2D eigenvalue weighted by Gasteiger charge is -2.21. The van der Waals surface area contributed by atoms with Crippen molar-refractivity contribution in [2.75, 3.05) is 25.0 Å². The number of carboxylic acid groups (broad SMARTS) is 1. The van der Waals surface area contributed by atoms with E-state index in [2.05, 4.69) is 15.6 Å². The summed E-state index contributed by atoms with van der Waals surface area (Å²) >= 11 is 0. The van der Waals surface area contributed by atoms with Gasteiger partial charge in [-0.15, -0.1) is 0 Å². The van der Waals surface area contributed by atoms with Crippen LogP contribution in [-0.2, 0) is 17.8 Å². The topological polar surface area (TPSA) is 94.6 Å². The summed E-state index contributed by atoms with van der Waals surface area (Å²) in [7, 11) is 0. The van der Waals surface area contributed by atoms with Crippen LogP contribution < -0.4 is 10.6 Å². The summed E-state index contributed by atoms with van der Waals surface area (Å²) < 4.78 is 54.1. The van der Waals surface area contributed by atoms with Crippen molar-refractivity contribution < 1.29 is 32.3 Å². The van der Waals surface area contributed by atoms with Crippen LogP contribution in [0.1, 0.15) is 34.3 Å². The van der Waals surface area contributed by atoms with Gasteiger partial charge in [0, 0.05) is 36.4 Å². The lowest BCUT2D eigenvalue weighted by molar-refractivity contribution is -0.139. The molecule has 6 rings (SSSR count). The van der Waals surface area contributed by atoms with Crippen molar-refractivity contribution in [3.8, 4) is 11.1 Å². The average molecular weight is 645 g/mol. The Bertz CT molecular complexity index is 1950. The molecule has 1 aliphatic rings. The summed E-state index contributed by atoms with van der Waals surface area (Å²) in [4.78, 5) is 32.3. The molecular formula is C36H32F4N4O3. The largest absolute Gasteiger partial charge is 0.480 e. The third-order valence-corrected chi connectivity index (χ3v) is 8.50. The summed E-state index contributed by atoms with van der Waals surface area (Å²) in [6.07, 6.45) is 0.730. The number of carbonyl (C=O) groups is 2. The molecular weight excluding hydrogens is 612 g/mol. The van der Waals surface area contributed by atoms with E-state index in [1.807, 2.05) is 59.5 Å². The minimum Gasteiger partial charge on any atom is -0.480 e. The second kappa shape index (κ2) is 13.4. The van der Waals surface area contributed by atoms with E-state index >= 15 is 4.39 Å². The predicted molar refractivity (Wildman–Crippen MR) is 173 cm³/mol. The molecule has 0 unspecified atom stereocenters. The molecule has 0 spiro atoms. The number of hydrogen-bond acceptors (Lipinski definition) is 5. The number of benzene rings is 4. The molecule has 1 aliphatic heterocycles. The molecule has 0 radical (unpaired) electrons. The van der Waals surface area contributed by atoms with Gasteiger partial charge in [-0.2, -0.15) is 13.2 Å². The zero-order chi connectivity index (χ0) is 33.1. The highest BCUT2D eigenvalue weighted by Crippen LogP contribution is 2.35. The molecule has 5 aromatic rings. The van der Waals surface area contributed by atoms with Crippen LogP contribution in [0.5, 0.6) is 0 Å². The van der Waals surface area contributed by atoms with Crippen LogP contribution in [0.3, 0.4) is 0 Å². The van der Waals surface area contributed by atoms with Gasteiger partial charge in [0.05, 0.1) is 5.56 Å². The number of alkyl halides is 3. The average Bonchev–Trinajstić information content (AvgIpc) is 3.55. The second-order valence-corrected chi connectivity index (χ2v) is 11.7. The number of halogens is 4. The highest BCUT2D eigenvalue weighted by molar-refractivity contribution is 6.06. The molecule has 0 aliphatic carbocycles. The highest BCUT2D eigenvalue weighted by atomic mass is 19.4. The van der Waals surface area contributed by atoms with Crippen molar-refractivity contribution >= 4 is 39.1 Å². The van der Waals surface area contributed by atoms with E-state index in [0.29, 0.717) is 18.7 Å². The number of rotatable bonds is 10. The van der Waals surface area contributed by atoms with Gasteiger partial charge in [-0.1, -0.05) is 54.6 Å². The first-order chi connectivity index (χ1) is 22.6. The Morgan fingerprint density at radius 3 is 2.34 bits per heavy atom. The maximum atomic E-state index is 15.5. The molecule has 2 heterocycles. The number of aliphatic carboxylic acids is 1. The Balaban J connectivity index is 1.31. The van der Waals surface area contributed by atoms with Crippen molar-refractivity contribution in [3.05, 3.63) is 108 Å². The molecule has 1 saturated heterocycles. The number of pyridine rings is 1. The molecule has 0 bridgehead atoms. The van der Waals surface area contributed by atoms with E-state index in [1.165, 1.54) is 6.07 Å². The molecule has 1 atom stereocenters. The van der Waals surface area contributed by atoms with Crippen LogP contribution in [0.15, 0.2) is 85.2 Å². The van der Waals surface area contributed by atoms with Crippen molar-refractivity contribution in [2.45, 2.75) is 38.0 Å². The number of hydrogen-bond donors (Lipinski definition) is 3. The SMILES string of the molecule is O=C(N[C@@H](Cc1cccc2c(-c3cccc4ccncc34)cccc12)C(=O)O)c1c(F)cc(NCC(F)(F)F)cc1CN1CCCC1. The fourth-order valence-corrected chi connectivity index (χ4v) is 6.32. The van der Waals surface area contributed by atoms with Crippen molar-refractivity contribution in [1.82, 2.24) is 15.2 Å². The Hall–Kier alpha value is -5.03. The highest BCUT2D eigenvalue weighted by Gasteiger charge is 2.29. The first-order valence-electron chi connectivity index (χ1n) is 15.3. The molecule has 242 valence electrons. The number of aromatic nitrogens is 1. The number of nitrogens with zero attached hydrogens (tertiary/aromatic N) is 2. The smallest absolute Gasteiger partial charge is 0.405 e. The second-order valence-electron chi connectivity index (χ2n) is 11.7. The number of fused-ring (bicyclic) bond motifs is 2. The summed E-state index contributed by atoms with van der Waals surface area (Å²) in [5.41, 5.74) is 2.25. The number of carbonyl (C=O) groups excluding carboxylic acids is 1. The van der Waals surface area contributed by atoms with Crippen LogP contribution in [0.4, 0.5) is 23.2 Å². The van der Waals surface area contributed by atoms with Crippen LogP contribution in [0, 0.1) is 5.82 Å². The minimum atomic E-state index is -4.52. The van der Waals surface area contributed by atoms with Gasteiger partial charge in [0.1, 0.15) is 18.4 Å². The molecule has 7 nitrogen and oxygen atoms in total. The fraction of sp³-hybridized carbons (Fsp3) is 0.250. The fourth-order valence-electron chi connectivity index (χ4n) is 6.32. The van der Waals surface area contributed by atoms with Crippen molar-refractivity contribution in [2.24, 2.45) is 0 Å². The van der Waals surface area contributed by atoms with Crippen LogP contribution in [0.2, 0.25) is 0 Å². The first-order valence-corrected chi connectivity index (χ1v) is 15.3. The number of nitrogens with one attached hydrogen (secondary N) is 2. The third kappa shape index (κ3) is 7.20. The van der Waals surface area contributed by atoms with Crippen LogP contribution >= 0.6 is 0 Å². The lowest BCUT2D eigenvalue weighted by Crippen LogP contribution is -2.43. The molecule has 1 fully saturated rings. The van der Waals surface area contributed by atoms with Gasteiger partial charge in [0.25, 0.3) is 5.91 Å². The normalized spacial score (nSPS) is 14.4. The van der Waals surface area contributed by atoms with Crippen molar-refractivity contribution in [3.63, 3.8) is 0 Å². The van der Waals surface area contributed by atoms with E-state index in [1.54, 1.807) is 18.5 Å². The molecule has 47 heavy (non-hydrogen) atoms. The van der Waals surface area contributed by atoms with Crippen LogP contribution in [-0.4, -0.2) is 58.7 Å². The zero-order valence-corrected chi connectivity index (χ0v) is 25.3. The standard InChI is InChI=1S/C36H32F4N4O3/c37-31-18-25(42-21-36(38,39)40)16-24(20-44-14-1-2-15-44)33(31)34(45)43-32(35(46)47)17-23-7-4-9-27-26(23)8-5-11-28(27)29-10-3-6-22-12-13-41-19-30(22)29/h3-13,16,18-19,32,42H,1-2,14-15,17,20-21H2,(H,43,45)(H,46,47)/t32-/m0/s1. The van der Waals surface area contributed by atoms with E-state index in [9.17, 15) is 27.9 Å².